The van der Waals surface area contributed by atoms with Crippen molar-refractivity contribution in [2.24, 2.45) is 11.7 Å². The molecule has 1 heterocycles. The number of nitrogens with two attached hydrogens (primary N) is 1. The number of hydrogen-bond donors (Lipinski definition) is 1. The van der Waals surface area contributed by atoms with E-state index in [0.29, 0.717) is 30.6 Å². The molecule has 2 rings (SSSR count). The summed E-state index contributed by atoms with van der Waals surface area (Å²) in [5.41, 5.74) is 7.06. The number of fused-ring (bicyclic) bond motifs is 1. The van der Waals surface area contributed by atoms with Crippen molar-refractivity contribution >= 4 is 10.8 Å². The maximum atomic E-state index is 11.9. The number of benzene rings is 1. The standard InChI is InChI=1S/C14H21NO3S/c1-10(2)8-19(16)9-12(15)11-3-4-13-14(7-11)18-6-5-17-13/h3-4,7,10,12H,5-6,8-9,15H2,1-2H3. The third-order valence-electron chi connectivity index (χ3n) is 2.88. The van der Waals surface area contributed by atoms with Crippen LogP contribution in [0.1, 0.15) is 25.5 Å². The average molecular weight is 283 g/mol. The van der Waals surface area contributed by atoms with Crippen LogP contribution >= 0.6 is 0 Å². The first-order valence-electron chi connectivity index (χ1n) is 6.56. The van der Waals surface area contributed by atoms with Crippen molar-refractivity contribution < 1.29 is 13.7 Å². The van der Waals surface area contributed by atoms with Crippen LogP contribution in [0.2, 0.25) is 0 Å². The van der Waals surface area contributed by atoms with Crippen LogP contribution in [0.15, 0.2) is 18.2 Å². The van der Waals surface area contributed by atoms with Crippen LogP contribution in [-0.2, 0) is 10.8 Å². The lowest BCUT2D eigenvalue weighted by Gasteiger charge is -2.20. The number of hydrogen-bond acceptors (Lipinski definition) is 4. The first-order chi connectivity index (χ1) is 9.06. The van der Waals surface area contributed by atoms with Gasteiger partial charge in [0.1, 0.15) is 13.2 Å². The van der Waals surface area contributed by atoms with Crippen LogP contribution in [0.5, 0.6) is 11.5 Å². The molecule has 0 amide bonds. The van der Waals surface area contributed by atoms with Gasteiger partial charge < -0.3 is 15.2 Å². The predicted molar refractivity (Wildman–Crippen MR) is 77.1 cm³/mol. The monoisotopic (exact) mass is 283 g/mol. The molecule has 106 valence electrons. The summed E-state index contributed by atoms with van der Waals surface area (Å²) in [4.78, 5) is 0. The van der Waals surface area contributed by atoms with Crippen molar-refractivity contribution in [3.8, 4) is 11.5 Å². The van der Waals surface area contributed by atoms with Crippen molar-refractivity contribution in [2.45, 2.75) is 19.9 Å². The molecule has 0 fully saturated rings. The molecule has 0 radical (unpaired) electrons. The molecule has 2 N–H and O–H groups in total. The summed E-state index contributed by atoms with van der Waals surface area (Å²) in [6.07, 6.45) is 0. The van der Waals surface area contributed by atoms with Gasteiger partial charge in [-0.15, -0.1) is 0 Å². The van der Waals surface area contributed by atoms with Crippen molar-refractivity contribution in [3.05, 3.63) is 23.8 Å². The Labute approximate surface area is 116 Å². The summed E-state index contributed by atoms with van der Waals surface area (Å²) >= 11 is 0. The normalized spacial score (nSPS) is 17.3. The summed E-state index contributed by atoms with van der Waals surface area (Å²) < 4.78 is 22.9. The molecule has 0 saturated heterocycles. The second kappa shape index (κ2) is 6.39. The van der Waals surface area contributed by atoms with Gasteiger partial charge in [-0.3, -0.25) is 4.21 Å². The van der Waals surface area contributed by atoms with Gasteiger partial charge in [0, 0.05) is 28.3 Å². The SMILES string of the molecule is CC(C)CS(=O)CC(N)c1ccc2c(c1)OCCO2. The molecule has 4 nitrogen and oxygen atoms in total. The Morgan fingerprint density at radius 3 is 2.58 bits per heavy atom. The second-order valence-electron chi connectivity index (χ2n) is 5.18. The molecule has 0 aliphatic carbocycles. The van der Waals surface area contributed by atoms with Crippen LogP contribution < -0.4 is 15.2 Å². The molecular weight excluding hydrogens is 262 g/mol. The van der Waals surface area contributed by atoms with Crippen molar-refractivity contribution in [1.29, 1.82) is 0 Å². The zero-order chi connectivity index (χ0) is 13.8. The van der Waals surface area contributed by atoms with Crippen LogP contribution in [-0.4, -0.2) is 28.9 Å². The molecular formula is C14H21NO3S. The highest BCUT2D eigenvalue weighted by molar-refractivity contribution is 7.85. The molecule has 2 atom stereocenters. The molecule has 1 aliphatic rings. The highest BCUT2D eigenvalue weighted by Gasteiger charge is 2.16. The lowest BCUT2D eigenvalue weighted by atomic mass is 10.1. The largest absolute Gasteiger partial charge is 0.486 e. The van der Waals surface area contributed by atoms with E-state index >= 15 is 0 Å². The van der Waals surface area contributed by atoms with E-state index in [1.807, 2.05) is 18.2 Å². The minimum absolute atomic E-state index is 0.226. The zero-order valence-electron chi connectivity index (χ0n) is 11.4. The first-order valence-corrected chi connectivity index (χ1v) is 8.05. The Kier molecular flexibility index (Phi) is 4.82. The Hall–Kier alpha value is -1.07. The summed E-state index contributed by atoms with van der Waals surface area (Å²) in [6, 6.07) is 5.46. The molecule has 0 bridgehead atoms. The topological polar surface area (TPSA) is 61.6 Å². The zero-order valence-corrected chi connectivity index (χ0v) is 12.2. The van der Waals surface area contributed by atoms with E-state index < -0.39 is 10.8 Å². The fourth-order valence-electron chi connectivity index (χ4n) is 2.03. The van der Waals surface area contributed by atoms with E-state index in [1.165, 1.54) is 0 Å². The highest BCUT2D eigenvalue weighted by atomic mass is 32.2. The van der Waals surface area contributed by atoms with E-state index in [4.69, 9.17) is 15.2 Å². The molecule has 0 spiro atoms. The van der Waals surface area contributed by atoms with Gasteiger partial charge in [0.25, 0.3) is 0 Å². The number of rotatable bonds is 5. The van der Waals surface area contributed by atoms with Crippen molar-refractivity contribution in [3.63, 3.8) is 0 Å². The maximum absolute atomic E-state index is 11.9. The molecule has 19 heavy (non-hydrogen) atoms. The van der Waals surface area contributed by atoms with Gasteiger partial charge in [-0.25, -0.2) is 0 Å². The second-order valence-corrected chi connectivity index (χ2v) is 6.72. The Morgan fingerprint density at radius 1 is 1.21 bits per heavy atom. The average Bonchev–Trinajstić information content (AvgIpc) is 2.37. The van der Waals surface area contributed by atoms with Crippen LogP contribution in [0.4, 0.5) is 0 Å². The van der Waals surface area contributed by atoms with Crippen LogP contribution in [0.3, 0.4) is 0 Å². The Bertz CT molecular complexity index is 462. The Balaban J connectivity index is 2.03. The molecule has 2 unspecified atom stereocenters. The molecule has 1 aliphatic heterocycles. The fourth-order valence-corrected chi connectivity index (χ4v) is 3.50. The Morgan fingerprint density at radius 2 is 1.89 bits per heavy atom. The maximum Gasteiger partial charge on any atom is 0.161 e. The third kappa shape index (κ3) is 3.94. The minimum atomic E-state index is -0.880. The summed E-state index contributed by atoms with van der Waals surface area (Å²) in [7, 11) is -0.880. The first kappa shape index (κ1) is 14.3. The molecule has 0 aromatic heterocycles. The summed E-state index contributed by atoms with van der Waals surface area (Å²) in [5.74, 6) is 3.09. The lowest BCUT2D eigenvalue weighted by molar-refractivity contribution is 0.171. The fraction of sp³-hybridized carbons (Fsp3) is 0.571. The van der Waals surface area contributed by atoms with E-state index in [1.54, 1.807) is 0 Å². The van der Waals surface area contributed by atoms with Crippen LogP contribution in [0.25, 0.3) is 0 Å². The van der Waals surface area contributed by atoms with E-state index in [9.17, 15) is 4.21 Å². The molecule has 1 aromatic rings. The van der Waals surface area contributed by atoms with Gasteiger partial charge >= 0.3 is 0 Å². The molecule has 1 aromatic carbocycles. The van der Waals surface area contributed by atoms with E-state index in [2.05, 4.69) is 13.8 Å². The minimum Gasteiger partial charge on any atom is -0.486 e. The van der Waals surface area contributed by atoms with Gasteiger partial charge in [-0.1, -0.05) is 19.9 Å². The predicted octanol–water partition coefficient (Wildman–Crippen LogP) is 1.86. The van der Waals surface area contributed by atoms with Crippen molar-refractivity contribution in [1.82, 2.24) is 0 Å². The molecule has 0 saturated carbocycles. The van der Waals surface area contributed by atoms with Gasteiger partial charge in [0.15, 0.2) is 11.5 Å². The highest BCUT2D eigenvalue weighted by Crippen LogP contribution is 2.32. The quantitative estimate of drug-likeness (QED) is 0.896. The van der Waals surface area contributed by atoms with Crippen molar-refractivity contribution in [2.75, 3.05) is 24.7 Å². The third-order valence-corrected chi connectivity index (χ3v) is 4.65. The summed E-state index contributed by atoms with van der Waals surface area (Å²) in [6.45, 7) is 5.27. The smallest absolute Gasteiger partial charge is 0.161 e. The number of ether oxygens (including phenoxy) is 2. The van der Waals surface area contributed by atoms with E-state index in [-0.39, 0.29) is 6.04 Å². The van der Waals surface area contributed by atoms with Crippen LogP contribution in [0, 0.1) is 5.92 Å². The van der Waals surface area contributed by atoms with Gasteiger partial charge in [-0.05, 0) is 23.6 Å². The van der Waals surface area contributed by atoms with Gasteiger partial charge in [0.2, 0.25) is 0 Å². The lowest BCUT2D eigenvalue weighted by Crippen LogP contribution is -2.22. The van der Waals surface area contributed by atoms with Gasteiger partial charge in [0.05, 0.1) is 0 Å². The van der Waals surface area contributed by atoms with E-state index in [0.717, 1.165) is 17.1 Å². The summed E-state index contributed by atoms with van der Waals surface area (Å²) in [5, 5.41) is 0. The van der Waals surface area contributed by atoms with Gasteiger partial charge in [-0.2, -0.15) is 0 Å². The molecule has 5 heteroatoms.